The number of hydrogen-bond acceptors (Lipinski definition) is 3. The molecule has 1 saturated heterocycles. The lowest BCUT2D eigenvalue weighted by Crippen LogP contribution is -2.32. The number of likely N-dealkylation sites (tertiary alicyclic amines) is 1. The van der Waals surface area contributed by atoms with Crippen molar-refractivity contribution in [3.63, 3.8) is 0 Å². The van der Waals surface area contributed by atoms with E-state index in [1.807, 2.05) is 0 Å². The molecule has 2 rings (SSSR count). The largest absolute Gasteiger partial charge is 0.611 e. The number of benzene rings is 1. The minimum Gasteiger partial charge on any atom is -0.611 e. The number of hydrogen-bond donors (Lipinski definition) is 0. The molecule has 0 aromatic heterocycles. The molecule has 2 unspecified atom stereocenters. The smallest absolute Gasteiger partial charge is 0.253 e. The van der Waals surface area contributed by atoms with Gasteiger partial charge in [-0.1, -0.05) is 6.08 Å². The molecule has 0 aliphatic carbocycles. The van der Waals surface area contributed by atoms with Crippen molar-refractivity contribution in [3.05, 3.63) is 54.0 Å². The van der Waals surface area contributed by atoms with Crippen molar-refractivity contribution in [2.45, 2.75) is 23.5 Å². The summed E-state index contributed by atoms with van der Waals surface area (Å²) in [5.74, 6) is -0.523. The average molecular weight is 364 g/mol. The van der Waals surface area contributed by atoms with Crippen molar-refractivity contribution in [1.29, 1.82) is 0 Å². The number of rotatable bonds is 6. The van der Waals surface area contributed by atoms with Crippen LogP contribution in [-0.2, 0) is 20.8 Å². The van der Waals surface area contributed by atoms with E-state index in [9.17, 15) is 18.5 Å². The highest BCUT2D eigenvalue weighted by Gasteiger charge is 2.35. The first-order valence-corrected chi connectivity index (χ1v) is 9.14. The number of nitrogens with zero attached hydrogens (tertiary/aromatic N) is 2. The van der Waals surface area contributed by atoms with Crippen LogP contribution < -0.4 is 0 Å². The zero-order valence-corrected chi connectivity index (χ0v) is 15.0. The maximum absolute atomic E-state index is 13.0. The van der Waals surface area contributed by atoms with E-state index in [-0.39, 0.29) is 17.0 Å². The van der Waals surface area contributed by atoms with Gasteiger partial charge in [0.25, 0.3) is 5.91 Å². The Labute approximate surface area is 150 Å². The first kappa shape index (κ1) is 19.2. The molecule has 134 valence electrons. The summed E-state index contributed by atoms with van der Waals surface area (Å²) in [6.07, 6.45) is 6.06. The lowest BCUT2D eigenvalue weighted by Gasteiger charge is -2.19. The van der Waals surface area contributed by atoms with Crippen LogP contribution in [0.2, 0.25) is 0 Å². The van der Waals surface area contributed by atoms with Crippen molar-refractivity contribution in [1.82, 2.24) is 9.80 Å². The van der Waals surface area contributed by atoms with Crippen LogP contribution in [0.15, 0.2) is 53.1 Å². The van der Waals surface area contributed by atoms with E-state index in [0.29, 0.717) is 36.4 Å². The zero-order chi connectivity index (χ0) is 18.4. The standard InChI is InChI=1S/C18H21FN2O3S/c1-3-14(8-10-20(2)13-22)18(23)21-11-9-17(12-21)25(24)16-6-4-15(19)5-7-16/h3-8,10,13,17H,9,11-12H2,1-2H3/b10-8-,14-3+. The predicted octanol–water partition coefficient (Wildman–Crippen LogP) is 2.08. The molecule has 0 N–H and O–H groups in total. The van der Waals surface area contributed by atoms with Crippen molar-refractivity contribution >= 4 is 23.5 Å². The van der Waals surface area contributed by atoms with Gasteiger partial charge in [-0.2, -0.15) is 0 Å². The van der Waals surface area contributed by atoms with Crippen LogP contribution in [0.3, 0.4) is 0 Å². The molecule has 1 aliphatic rings. The number of amides is 2. The molecule has 25 heavy (non-hydrogen) atoms. The van der Waals surface area contributed by atoms with E-state index in [2.05, 4.69) is 0 Å². The highest BCUT2D eigenvalue weighted by atomic mass is 32.2. The quantitative estimate of drug-likeness (QED) is 0.336. The molecule has 7 heteroatoms. The molecule has 1 aliphatic heterocycles. The fourth-order valence-corrected chi connectivity index (χ4v) is 3.98. The lowest BCUT2D eigenvalue weighted by molar-refractivity contribution is -0.125. The van der Waals surface area contributed by atoms with Gasteiger partial charge in [-0.15, -0.1) is 0 Å². The normalized spacial score (nSPS) is 19.3. The molecule has 0 bridgehead atoms. The second-order valence-corrected chi connectivity index (χ2v) is 7.48. The molecular formula is C18H21FN2O3S. The van der Waals surface area contributed by atoms with Gasteiger partial charge < -0.3 is 14.4 Å². The van der Waals surface area contributed by atoms with Crippen molar-refractivity contribution in [2.24, 2.45) is 0 Å². The third-order valence-corrected chi connectivity index (χ3v) is 5.72. The summed E-state index contributed by atoms with van der Waals surface area (Å²) < 4.78 is 25.6. The van der Waals surface area contributed by atoms with E-state index in [1.165, 1.54) is 35.4 Å². The summed E-state index contributed by atoms with van der Waals surface area (Å²) in [5, 5.41) is -0.172. The molecule has 1 fully saturated rings. The van der Waals surface area contributed by atoms with E-state index in [0.717, 1.165) is 0 Å². The van der Waals surface area contributed by atoms with E-state index >= 15 is 0 Å². The molecule has 2 amide bonds. The van der Waals surface area contributed by atoms with Gasteiger partial charge in [0.15, 0.2) is 4.90 Å². The van der Waals surface area contributed by atoms with Gasteiger partial charge in [-0.05, 0) is 48.4 Å². The topological polar surface area (TPSA) is 63.7 Å². The summed E-state index contributed by atoms with van der Waals surface area (Å²) >= 11 is -1.28. The monoisotopic (exact) mass is 364 g/mol. The Kier molecular flexibility index (Phi) is 6.78. The molecule has 1 heterocycles. The van der Waals surface area contributed by atoms with Crippen molar-refractivity contribution in [2.75, 3.05) is 20.1 Å². The number of halogens is 1. The second-order valence-electron chi connectivity index (χ2n) is 5.74. The third-order valence-electron chi connectivity index (χ3n) is 3.99. The molecular weight excluding hydrogens is 343 g/mol. The molecule has 0 spiro atoms. The Hall–Kier alpha value is -2.12. The highest BCUT2D eigenvalue weighted by Crippen LogP contribution is 2.25. The predicted molar refractivity (Wildman–Crippen MR) is 94.5 cm³/mol. The van der Waals surface area contributed by atoms with E-state index in [1.54, 1.807) is 31.0 Å². The van der Waals surface area contributed by atoms with Crippen LogP contribution in [0.5, 0.6) is 0 Å². The molecule has 1 aromatic rings. The van der Waals surface area contributed by atoms with Crippen molar-refractivity contribution < 1.29 is 18.5 Å². The Morgan fingerprint density at radius 1 is 1.40 bits per heavy atom. The van der Waals surface area contributed by atoms with Crippen LogP contribution in [0, 0.1) is 5.82 Å². The number of carbonyl (C=O) groups is 2. The minimum absolute atomic E-state index is 0.156. The summed E-state index contributed by atoms with van der Waals surface area (Å²) in [6.45, 7) is 2.66. The van der Waals surface area contributed by atoms with Crippen LogP contribution in [0.4, 0.5) is 4.39 Å². The van der Waals surface area contributed by atoms with Crippen LogP contribution in [-0.4, -0.2) is 52.1 Å². The van der Waals surface area contributed by atoms with Gasteiger partial charge >= 0.3 is 0 Å². The second kappa shape index (κ2) is 8.82. The Balaban J connectivity index is 2.01. The highest BCUT2D eigenvalue weighted by molar-refractivity contribution is 7.92. The maximum atomic E-state index is 13.0. The molecule has 0 saturated carbocycles. The Morgan fingerprint density at radius 3 is 2.68 bits per heavy atom. The first-order valence-electron chi connectivity index (χ1n) is 7.93. The van der Waals surface area contributed by atoms with Gasteiger partial charge in [0.1, 0.15) is 11.1 Å². The molecule has 1 aromatic carbocycles. The summed E-state index contributed by atoms with van der Waals surface area (Å²) in [4.78, 5) is 26.7. The minimum atomic E-state index is -1.28. The van der Waals surface area contributed by atoms with Crippen molar-refractivity contribution in [3.8, 4) is 0 Å². The average Bonchev–Trinajstić information content (AvgIpc) is 3.11. The summed E-state index contributed by atoms with van der Waals surface area (Å²) in [5.41, 5.74) is 0.474. The summed E-state index contributed by atoms with van der Waals surface area (Å²) in [6, 6.07) is 5.62. The van der Waals surface area contributed by atoms with Gasteiger partial charge in [0, 0.05) is 31.8 Å². The lowest BCUT2D eigenvalue weighted by atomic mass is 10.2. The van der Waals surface area contributed by atoms with Crippen LogP contribution in [0.25, 0.3) is 0 Å². The fraction of sp³-hybridized carbons (Fsp3) is 0.333. The van der Waals surface area contributed by atoms with E-state index < -0.39 is 11.2 Å². The molecule has 2 atom stereocenters. The van der Waals surface area contributed by atoms with Gasteiger partial charge in [0.05, 0.1) is 6.54 Å². The Bertz CT molecular complexity index is 675. The zero-order valence-electron chi connectivity index (χ0n) is 14.2. The summed E-state index contributed by atoms with van der Waals surface area (Å²) in [7, 11) is 1.58. The number of carbonyl (C=O) groups excluding carboxylic acids is 2. The SMILES string of the molecule is C/C=C(\C=C/N(C)C=O)C(=O)N1CCC([S+]([O-])c2ccc(F)cc2)C1. The third kappa shape index (κ3) is 4.93. The Morgan fingerprint density at radius 2 is 2.08 bits per heavy atom. The van der Waals surface area contributed by atoms with E-state index in [4.69, 9.17) is 0 Å². The fourth-order valence-electron chi connectivity index (χ4n) is 2.56. The van der Waals surface area contributed by atoms with Crippen LogP contribution in [0.1, 0.15) is 13.3 Å². The van der Waals surface area contributed by atoms with Gasteiger partial charge in [0.2, 0.25) is 6.41 Å². The van der Waals surface area contributed by atoms with Gasteiger partial charge in [-0.3, -0.25) is 9.59 Å². The first-order chi connectivity index (χ1) is 12.0. The maximum Gasteiger partial charge on any atom is 0.253 e. The number of allylic oxidation sites excluding steroid dienone is 1. The van der Waals surface area contributed by atoms with Gasteiger partial charge in [-0.25, -0.2) is 4.39 Å². The van der Waals surface area contributed by atoms with Crippen LogP contribution >= 0.6 is 0 Å². The molecule has 5 nitrogen and oxygen atoms in total. The molecule has 0 radical (unpaired) electrons.